The van der Waals surface area contributed by atoms with Crippen molar-refractivity contribution in [2.75, 3.05) is 30.3 Å². The Kier molecular flexibility index (Phi) is 9.37. The molecule has 0 radical (unpaired) electrons. The summed E-state index contributed by atoms with van der Waals surface area (Å²) >= 11 is 11.8. The van der Waals surface area contributed by atoms with Crippen molar-refractivity contribution in [3.8, 4) is 11.5 Å². The second-order valence-electron chi connectivity index (χ2n) is 6.40. The molecule has 0 heterocycles. The normalized spacial score (nSPS) is 11.2. The van der Waals surface area contributed by atoms with Crippen LogP contribution in [0.4, 0.5) is 5.69 Å². The minimum Gasteiger partial charge on any atom is -0.490 e. The maximum atomic E-state index is 12.3. The molecule has 1 N–H and O–H groups in total. The Morgan fingerprint density at radius 3 is 2.53 bits per heavy atom. The Bertz CT molecular complexity index is 1110. The molecule has 0 saturated carbocycles. The molecule has 0 atom stereocenters. The number of nitrogens with zero attached hydrogens (tertiary/aromatic N) is 2. The number of hydrogen-bond acceptors (Lipinski definition) is 6. The van der Waals surface area contributed by atoms with E-state index in [1.807, 2.05) is 6.92 Å². The van der Waals surface area contributed by atoms with Gasteiger partial charge in [-0.25, -0.2) is 13.8 Å². The first-order valence-corrected chi connectivity index (χ1v) is 12.0. The number of rotatable bonds is 11. The highest BCUT2D eigenvalue weighted by Crippen LogP contribution is 2.29. The molecule has 0 spiro atoms. The topological polar surface area (TPSA) is 97.3 Å². The number of halogens is 2. The van der Waals surface area contributed by atoms with Gasteiger partial charge in [-0.2, -0.15) is 5.10 Å². The Hall–Kier alpha value is -2.75. The lowest BCUT2D eigenvalue weighted by Crippen LogP contribution is -2.39. The molecule has 0 aliphatic rings. The van der Waals surface area contributed by atoms with E-state index in [1.165, 1.54) is 24.4 Å². The van der Waals surface area contributed by atoms with Gasteiger partial charge in [-0.05, 0) is 48.9 Å². The Labute approximate surface area is 197 Å². The monoisotopic (exact) mass is 499 g/mol. The fraction of sp³-hybridized carbons (Fsp3) is 0.238. The van der Waals surface area contributed by atoms with Crippen LogP contribution in [0.15, 0.2) is 54.2 Å². The summed E-state index contributed by atoms with van der Waals surface area (Å²) in [6, 6.07) is 9.42. The van der Waals surface area contributed by atoms with E-state index in [-0.39, 0.29) is 15.7 Å². The van der Waals surface area contributed by atoms with Gasteiger partial charge in [-0.3, -0.25) is 9.10 Å². The van der Waals surface area contributed by atoms with Gasteiger partial charge in [0.25, 0.3) is 5.91 Å². The minimum atomic E-state index is -3.76. The predicted molar refractivity (Wildman–Crippen MR) is 128 cm³/mol. The second kappa shape index (κ2) is 11.8. The van der Waals surface area contributed by atoms with Crippen LogP contribution in [0.3, 0.4) is 0 Å². The predicted octanol–water partition coefficient (Wildman–Crippen LogP) is 3.87. The Morgan fingerprint density at radius 2 is 1.91 bits per heavy atom. The fourth-order valence-electron chi connectivity index (χ4n) is 2.53. The van der Waals surface area contributed by atoms with Crippen LogP contribution in [-0.2, 0) is 14.8 Å². The number of hydrogen-bond donors (Lipinski definition) is 1. The average Bonchev–Trinajstić information content (AvgIpc) is 2.73. The number of carbonyl (C=O) groups excluding carboxylic acids is 1. The zero-order chi connectivity index (χ0) is 23.7. The van der Waals surface area contributed by atoms with E-state index < -0.39 is 22.5 Å². The second-order valence-corrected chi connectivity index (χ2v) is 9.12. The van der Waals surface area contributed by atoms with E-state index >= 15 is 0 Å². The number of amides is 1. The van der Waals surface area contributed by atoms with Crippen LogP contribution in [0.5, 0.6) is 11.5 Å². The zero-order valence-corrected chi connectivity index (χ0v) is 19.9. The third-order valence-electron chi connectivity index (χ3n) is 3.91. The van der Waals surface area contributed by atoms with Gasteiger partial charge < -0.3 is 9.47 Å². The maximum Gasteiger partial charge on any atom is 0.260 e. The Balaban J connectivity index is 2.10. The summed E-state index contributed by atoms with van der Waals surface area (Å²) in [5.74, 6) is 0.430. The number of sulfonamides is 1. The fourth-order valence-corrected chi connectivity index (χ4v) is 3.67. The van der Waals surface area contributed by atoms with Crippen LogP contribution in [0, 0.1) is 0 Å². The molecule has 32 heavy (non-hydrogen) atoms. The van der Waals surface area contributed by atoms with E-state index in [2.05, 4.69) is 17.1 Å². The van der Waals surface area contributed by atoms with Gasteiger partial charge >= 0.3 is 0 Å². The van der Waals surface area contributed by atoms with E-state index in [0.717, 1.165) is 10.6 Å². The summed E-state index contributed by atoms with van der Waals surface area (Å²) < 4.78 is 36.3. The molecule has 0 unspecified atom stereocenters. The van der Waals surface area contributed by atoms with Crippen LogP contribution in [0.1, 0.15) is 12.5 Å². The highest BCUT2D eigenvalue weighted by molar-refractivity contribution is 7.92. The molecular formula is C21H23Cl2N3O5S. The van der Waals surface area contributed by atoms with Crippen molar-refractivity contribution >= 4 is 51.0 Å². The smallest absolute Gasteiger partial charge is 0.260 e. The number of carbonyl (C=O) groups is 1. The van der Waals surface area contributed by atoms with Crippen LogP contribution in [0.25, 0.3) is 0 Å². The molecule has 0 bridgehead atoms. The highest BCUT2D eigenvalue weighted by atomic mass is 35.5. The first kappa shape index (κ1) is 25.5. The number of ether oxygens (including phenoxy) is 2. The molecule has 2 aromatic rings. The maximum absolute atomic E-state index is 12.3. The molecule has 1 amide bonds. The average molecular weight is 500 g/mol. The third kappa shape index (κ3) is 7.44. The number of anilines is 1. The summed E-state index contributed by atoms with van der Waals surface area (Å²) in [4.78, 5) is 12.3. The van der Waals surface area contributed by atoms with E-state index in [0.29, 0.717) is 30.3 Å². The standard InChI is InChI=1S/C21H23Cl2N3O5S/c1-4-10-31-19-9-6-15(11-20(19)30-5-2)13-24-25-21(27)14-26(32(3,28)29)16-7-8-17(22)18(23)12-16/h4,6-9,11-13H,1,5,10,14H2,2-3H3,(H,25,27)/b24-13-. The largest absolute Gasteiger partial charge is 0.490 e. The van der Waals surface area contributed by atoms with Gasteiger partial charge in [0.15, 0.2) is 11.5 Å². The first-order chi connectivity index (χ1) is 15.2. The molecule has 0 fully saturated rings. The molecule has 0 aromatic heterocycles. The molecular weight excluding hydrogens is 477 g/mol. The van der Waals surface area contributed by atoms with Crippen molar-refractivity contribution < 1.29 is 22.7 Å². The van der Waals surface area contributed by atoms with Crippen molar-refractivity contribution in [1.29, 1.82) is 0 Å². The summed E-state index contributed by atoms with van der Waals surface area (Å²) in [7, 11) is -3.76. The summed E-state index contributed by atoms with van der Waals surface area (Å²) in [6.07, 6.45) is 4.01. The van der Waals surface area contributed by atoms with Crippen LogP contribution >= 0.6 is 23.2 Å². The lowest BCUT2D eigenvalue weighted by Gasteiger charge is -2.21. The van der Waals surface area contributed by atoms with Crippen molar-refractivity contribution in [1.82, 2.24) is 5.43 Å². The number of nitrogens with one attached hydrogen (secondary N) is 1. The lowest BCUT2D eigenvalue weighted by molar-refractivity contribution is -0.119. The van der Waals surface area contributed by atoms with Gasteiger partial charge in [0.2, 0.25) is 10.0 Å². The summed E-state index contributed by atoms with van der Waals surface area (Å²) in [6.45, 7) is 5.74. The lowest BCUT2D eigenvalue weighted by atomic mass is 10.2. The van der Waals surface area contributed by atoms with Gasteiger partial charge in [0, 0.05) is 0 Å². The SMILES string of the molecule is C=CCOc1ccc(/C=N\NC(=O)CN(c2ccc(Cl)c(Cl)c2)S(C)(=O)=O)cc1OCC. The van der Waals surface area contributed by atoms with Crippen LogP contribution in [0.2, 0.25) is 10.0 Å². The highest BCUT2D eigenvalue weighted by Gasteiger charge is 2.21. The number of hydrazone groups is 1. The van der Waals surface area contributed by atoms with E-state index in [9.17, 15) is 13.2 Å². The first-order valence-electron chi connectivity index (χ1n) is 9.41. The quantitative estimate of drug-likeness (QED) is 0.287. The minimum absolute atomic E-state index is 0.168. The molecule has 2 rings (SSSR count). The summed E-state index contributed by atoms with van der Waals surface area (Å²) in [5, 5.41) is 4.33. The molecule has 0 aliphatic heterocycles. The van der Waals surface area contributed by atoms with Gasteiger partial charge in [0.1, 0.15) is 13.2 Å². The molecule has 172 valence electrons. The van der Waals surface area contributed by atoms with Gasteiger partial charge in [-0.1, -0.05) is 35.9 Å². The molecule has 0 saturated heterocycles. The van der Waals surface area contributed by atoms with Gasteiger partial charge in [0.05, 0.1) is 34.8 Å². The van der Waals surface area contributed by atoms with E-state index in [1.54, 1.807) is 24.3 Å². The van der Waals surface area contributed by atoms with Crippen molar-refractivity contribution in [3.63, 3.8) is 0 Å². The van der Waals surface area contributed by atoms with Crippen LogP contribution < -0.4 is 19.2 Å². The number of benzene rings is 2. The van der Waals surface area contributed by atoms with Crippen molar-refractivity contribution in [2.45, 2.75) is 6.92 Å². The van der Waals surface area contributed by atoms with Crippen molar-refractivity contribution in [3.05, 3.63) is 64.7 Å². The molecule has 11 heteroatoms. The van der Waals surface area contributed by atoms with Crippen molar-refractivity contribution in [2.24, 2.45) is 5.10 Å². The molecule has 8 nitrogen and oxygen atoms in total. The van der Waals surface area contributed by atoms with Crippen LogP contribution in [-0.4, -0.2) is 46.6 Å². The third-order valence-corrected chi connectivity index (χ3v) is 5.79. The summed E-state index contributed by atoms with van der Waals surface area (Å²) in [5.41, 5.74) is 3.16. The zero-order valence-electron chi connectivity index (χ0n) is 17.5. The molecule has 0 aliphatic carbocycles. The molecule has 2 aromatic carbocycles. The van der Waals surface area contributed by atoms with Gasteiger partial charge in [-0.15, -0.1) is 0 Å². The van der Waals surface area contributed by atoms with E-state index in [4.69, 9.17) is 32.7 Å². The Morgan fingerprint density at radius 1 is 1.16 bits per heavy atom.